The molecule has 266 valence electrons. The number of aromatic nitrogens is 3. The fourth-order valence-electron chi connectivity index (χ4n) is 7.84. The molecule has 0 amide bonds. The average Bonchev–Trinajstić information content (AvgIpc) is 3.63. The summed E-state index contributed by atoms with van der Waals surface area (Å²) in [6, 6.07) is 71.5. The Morgan fingerprint density at radius 2 is 0.877 bits per heavy atom. The topological polar surface area (TPSA) is 35.1 Å². The Bertz CT molecular complexity index is 3050. The minimum atomic E-state index is 0.591. The van der Waals surface area contributed by atoms with Crippen molar-refractivity contribution in [3.8, 4) is 73.0 Å². The average molecular weight is 727 g/mol. The summed E-state index contributed by atoms with van der Waals surface area (Å²) in [5.74, 6) is 0.610. The van der Waals surface area contributed by atoms with Crippen molar-refractivity contribution < 1.29 is 0 Å². The summed E-state index contributed by atoms with van der Waals surface area (Å²) in [6.45, 7) is 8.07. The standard InChI is InChI=1S/C53H34N4/c1-54-48-23-13-11-21-45(48)42-31-43(53-55-49(39-17-7-3-8-18-39)35-50(56-53)40-19-9-4-10-20-40)33-44(32-42)57-51-24-14-12-22-46(51)47-30-29-41(34-52(47)57)38-27-25-37(26-28-38)36-15-5-2-6-16-36/h2-35H. The molecule has 0 aliphatic rings. The quantitative estimate of drug-likeness (QED) is 0.153. The first-order valence-electron chi connectivity index (χ1n) is 19.0. The molecular formula is C53H34N4. The molecule has 0 fully saturated rings. The Hall–Kier alpha value is -7.87. The van der Waals surface area contributed by atoms with Crippen molar-refractivity contribution in [3.63, 3.8) is 0 Å². The van der Waals surface area contributed by atoms with Gasteiger partial charge >= 0.3 is 0 Å². The molecule has 4 heteroatoms. The number of nitrogens with zero attached hydrogens (tertiary/aromatic N) is 4. The van der Waals surface area contributed by atoms with E-state index in [9.17, 15) is 0 Å². The van der Waals surface area contributed by atoms with E-state index < -0.39 is 0 Å². The highest BCUT2D eigenvalue weighted by Gasteiger charge is 2.18. The zero-order chi connectivity index (χ0) is 38.1. The molecule has 4 nitrogen and oxygen atoms in total. The summed E-state index contributed by atoms with van der Waals surface area (Å²) in [5, 5.41) is 2.33. The summed E-state index contributed by atoms with van der Waals surface area (Å²) in [7, 11) is 0. The van der Waals surface area contributed by atoms with Gasteiger partial charge in [0, 0.05) is 33.2 Å². The Balaban J connectivity index is 1.21. The third-order valence-corrected chi connectivity index (χ3v) is 10.6. The number of rotatable bonds is 7. The predicted octanol–water partition coefficient (Wildman–Crippen LogP) is 14.1. The van der Waals surface area contributed by atoms with Crippen LogP contribution in [0.5, 0.6) is 0 Å². The molecule has 0 bridgehead atoms. The van der Waals surface area contributed by atoms with E-state index in [0.29, 0.717) is 11.5 Å². The van der Waals surface area contributed by atoms with E-state index in [1.165, 1.54) is 16.5 Å². The second-order valence-corrected chi connectivity index (χ2v) is 14.1. The van der Waals surface area contributed by atoms with E-state index in [1.54, 1.807) is 0 Å². The van der Waals surface area contributed by atoms with E-state index in [1.807, 2.05) is 66.7 Å². The van der Waals surface area contributed by atoms with E-state index >= 15 is 0 Å². The van der Waals surface area contributed by atoms with Crippen LogP contribution in [0.3, 0.4) is 0 Å². The monoisotopic (exact) mass is 726 g/mol. The highest BCUT2D eigenvalue weighted by molar-refractivity contribution is 6.10. The first-order chi connectivity index (χ1) is 28.2. The van der Waals surface area contributed by atoms with Gasteiger partial charge in [0.2, 0.25) is 0 Å². The number of hydrogen-bond donors (Lipinski definition) is 0. The van der Waals surface area contributed by atoms with Crippen LogP contribution in [-0.4, -0.2) is 14.5 Å². The van der Waals surface area contributed by atoms with E-state index in [0.717, 1.165) is 72.4 Å². The summed E-state index contributed by atoms with van der Waals surface area (Å²) >= 11 is 0. The minimum absolute atomic E-state index is 0.591. The van der Waals surface area contributed by atoms with Crippen molar-refractivity contribution in [3.05, 3.63) is 218 Å². The zero-order valence-corrected chi connectivity index (χ0v) is 30.9. The Morgan fingerprint density at radius 3 is 1.54 bits per heavy atom. The maximum Gasteiger partial charge on any atom is 0.194 e. The molecule has 0 unspecified atom stereocenters. The molecule has 2 aromatic heterocycles. The van der Waals surface area contributed by atoms with Crippen molar-refractivity contribution in [1.29, 1.82) is 0 Å². The molecule has 0 atom stereocenters. The molecule has 10 aromatic rings. The second kappa shape index (κ2) is 14.4. The van der Waals surface area contributed by atoms with Crippen LogP contribution in [0.4, 0.5) is 5.69 Å². The number of benzene rings is 8. The summed E-state index contributed by atoms with van der Waals surface area (Å²) in [6.07, 6.45) is 0. The van der Waals surface area contributed by atoms with Crippen molar-refractivity contribution in [2.24, 2.45) is 0 Å². The van der Waals surface area contributed by atoms with Gasteiger partial charge in [-0.3, -0.25) is 0 Å². The Morgan fingerprint density at radius 1 is 0.368 bits per heavy atom. The lowest BCUT2D eigenvalue weighted by Crippen LogP contribution is -1.99. The van der Waals surface area contributed by atoms with Gasteiger partial charge in [0.05, 0.1) is 29.0 Å². The summed E-state index contributed by atoms with van der Waals surface area (Å²) in [5.41, 5.74) is 14.7. The first kappa shape index (κ1) is 33.7. The largest absolute Gasteiger partial charge is 0.309 e. The lowest BCUT2D eigenvalue weighted by atomic mass is 9.99. The van der Waals surface area contributed by atoms with Crippen LogP contribution >= 0.6 is 0 Å². The second-order valence-electron chi connectivity index (χ2n) is 14.1. The summed E-state index contributed by atoms with van der Waals surface area (Å²) < 4.78 is 2.35. The van der Waals surface area contributed by atoms with Gasteiger partial charge in [0.25, 0.3) is 0 Å². The first-order valence-corrected chi connectivity index (χ1v) is 19.0. The van der Waals surface area contributed by atoms with Crippen LogP contribution < -0.4 is 0 Å². The molecule has 2 heterocycles. The third-order valence-electron chi connectivity index (χ3n) is 10.6. The molecule has 0 saturated carbocycles. The van der Waals surface area contributed by atoms with E-state index in [2.05, 4.69) is 149 Å². The molecule has 0 radical (unpaired) electrons. The lowest BCUT2D eigenvalue weighted by Gasteiger charge is -2.15. The van der Waals surface area contributed by atoms with E-state index in [4.69, 9.17) is 16.5 Å². The highest BCUT2D eigenvalue weighted by Crippen LogP contribution is 2.40. The molecule has 0 N–H and O–H groups in total. The van der Waals surface area contributed by atoms with Crippen LogP contribution in [0.15, 0.2) is 206 Å². The predicted molar refractivity (Wildman–Crippen MR) is 235 cm³/mol. The molecule has 0 saturated heterocycles. The minimum Gasteiger partial charge on any atom is -0.309 e. The van der Waals surface area contributed by atoms with Gasteiger partial charge in [-0.1, -0.05) is 170 Å². The van der Waals surface area contributed by atoms with Crippen LogP contribution in [-0.2, 0) is 0 Å². The number of fused-ring (bicyclic) bond motifs is 3. The lowest BCUT2D eigenvalue weighted by molar-refractivity contribution is 1.16. The SMILES string of the molecule is [C-]#[N+]c1ccccc1-c1cc(-c2nc(-c3ccccc3)cc(-c3ccccc3)n2)cc(-n2c3ccccc3c3ccc(-c4ccc(-c5ccccc5)cc4)cc32)c1. The molecule has 0 aliphatic heterocycles. The molecule has 8 aromatic carbocycles. The normalized spacial score (nSPS) is 11.1. The van der Waals surface area contributed by atoms with Crippen LogP contribution in [0.25, 0.3) is 99.6 Å². The van der Waals surface area contributed by atoms with Crippen molar-refractivity contribution in [1.82, 2.24) is 14.5 Å². The van der Waals surface area contributed by atoms with Gasteiger partial charge < -0.3 is 4.57 Å². The number of hydrogen-bond acceptors (Lipinski definition) is 2. The van der Waals surface area contributed by atoms with Gasteiger partial charge in [0.15, 0.2) is 11.5 Å². The Labute approximate surface area is 331 Å². The van der Waals surface area contributed by atoms with Crippen molar-refractivity contribution >= 4 is 27.5 Å². The van der Waals surface area contributed by atoms with Crippen LogP contribution in [0, 0.1) is 6.57 Å². The third kappa shape index (κ3) is 6.34. The molecular weight excluding hydrogens is 693 g/mol. The van der Waals surface area contributed by atoms with Gasteiger partial charge in [0.1, 0.15) is 0 Å². The smallest absolute Gasteiger partial charge is 0.194 e. The highest BCUT2D eigenvalue weighted by atomic mass is 15.0. The molecule has 0 spiro atoms. The molecule has 57 heavy (non-hydrogen) atoms. The van der Waals surface area contributed by atoms with Gasteiger partial charge in [-0.05, 0) is 69.8 Å². The summed E-state index contributed by atoms with van der Waals surface area (Å²) in [4.78, 5) is 14.4. The Kier molecular flexibility index (Phi) is 8.52. The van der Waals surface area contributed by atoms with Crippen molar-refractivity contribution in [2.45, 2.75) is 0 Å². The fraction of sp³-hybridized carbons (Fsp3) is 0. The van der Waals surface area contributed by atoms with Gasteiger partial charge in [-0.2, -0.15) is 0 Å². The zero-order valence-electron chi connectivity index (χ0n) is 30.9. The van der Waals surface area contributed by atoms with Gasteiger partial charge in [-0.15, -0.1) is 0 Å². The number of para-hydroxylation sites is 2. The van der Waals surface area contributed by atoms with Crippen LogP contribution in [0.2, 0.25) is 0 Å². The maximum absolute atomic E-state index is 8.07. The van der Waals surface area contributed by atoms with Crippen molar-refractivity contribution in [2.75, 3.05) is 0 Å². The molecule has 0 aliphatic carbocycles. The van der Waals surface area contributed by atoms with E-state index in [-0.39, 0.29) is 0 Å². The maximum atomic E-state index is 8.07. The fourth-order valence-corrected chi connectivity index (χ4v) is 7.84. The van der Waals surface area contributed by atoms with Gasteiger partial charge in [-0.25, -0.2) is 14.8 Å². The van der Waals surface area contributed by atoms with Crippen LogP contribution in [0.1, 0.15) is 0 Å². The molecule has 10 rings (SSSR count).